The van der Waals surface area contributed by atoms with Crippen molar-refractivity contribution in [2.24, 2.45) is 11.1 Å². The molecule has 14 heavy (non-hydrogen) atoms. The van der Waals surface area contributed by atoms with Crippen molar-refractivity contribution in [3.63, 3.8) is 0 Å². The van der Waals surface area contributed by atoms with Gasteiger partial charge in [-0.1, -0.05) is 13.8 Å². The summed E-state index contributed by atoms with van der Waals surface area (Å²) in [7, 11) is 0. The third kappa shape index (κ3) is 3.34. The smallest absolute Gasteiger partial charge is 0.181 e. The second kappa shape index (κ2) is 4.42. The van der Waals surface area contributed by atoms with Gasteiger partial charge < -0.3 is 10.3 Å². The third-order valence-corrected chi connectivity index (χ3v) is 2.46. The van der Waals surface area contributed by atoms with E-state index in [1.807, 2.05) is 17.0 Å². The normalized spacial score (nSPS) is 11.6. The molecule has 78 valence electrons. The van der Waals surface area contributed by atoms with Gasteiger partial charge in [0, 0.05) is 31.1 Å². The molecule has 0 radical (unpaired) electrons. The monoisotopic (exact) mass is 194 g/mol. The van der Waals surface area contributed by atoms with Gasteiger partial charge >= 0.3 is 0 Å². The third-order valence-electron chi connectivity index (χ3n) is 2.46. The lowest BCUT2D eigenvalue weighted by atomic mass is 9.90. The molecule has 0 aliphatic carbocycles. The van der Waals surface area contributed by atoms with Crippen LogP contribution in [-0.4, -0.2) is 11.1 Å². The average molecular weight is 194 g/mol. The summed E-state index contributed by atoms with van der Waals surface area (Å²) in [6.45, 7) is 5.89. The second-order valence-corrected chi connectivity index (χ2v) is 4.39. The fraction of sp³-hybridized carbons (Fsp3) is 0.545. The van der Waals surface area contributed by atoms with Crippen molar-refractivity contribution in [3.05, 3.63) is 34.7 Å². The molecule has 0 spiro atoms. The lowest BCUT2D eigenvalue weighted by Gasteiger charge is -2.22. The molecule has 0 unspecified atom stereocenters. The molecule has 0 atom stereocenters. The molecule has 1 heterocycles. The molecule has 3 heteroatoms. The fourth-order valence-electron chi connectivity index (χ4n) is 1.13. The van der Waals surface area contributed by atoms with Gasteiger partial charge in [0.25, 0.3) is 0 Å². The molecule has 0 aromatic carbocycles. The first-order valence-corrected chi connectivity index (χ1v) is 4.90. The van der Waals surface area contributed by atoms with Crippen molar-refractivity contribution >= 4 is 0 Å². The van der Waals surface area contributed by atoms with Gasteiger partial charge in [-0.3, -0.25) is 4.79 Å². The van der Waals surface area contributed by atoms with Crippen LogP contribution in [0.2, 0.25) is 0 Å². The number of aryl methyl sites for hydroxylation is 1. The summed E-state index contributed by atoms with van der Waals surface area (Å²) in [5.41, 5.74) is 5.86. The van der Waals surface area contributed by atoms with Crippen LogP contribution in [0.15, 0.2) is 29.3 Å². The lowest BCUT2D eigenvalue weighted by Crippen LogP contribution is -2.25. The van der Waals surface area contributed by atoms with Gasteiger partial charge in [0.15, 0.2) is 5.43 Å². The van der Waals surface area contributed by atoms with E-state index in [1.54, 1.807) is 12.1 Å². The van der Waals surface area contributed by atoms with Crippen LogP contribution < -0.4 is 11.2 Å². The first kappa shape index (κ1) is 11.0. The van der Waals surface area contributed by atoms with Gasteiger partial charge in [0.05, 0.1) is 0 Å². The van der Waals surface area contributed by atoms with E-state index in [-0.39, 0.29) is 10.8 Å². The average Bonchev–Trinajstić information content (AvgIpc) is 2.17. The van der Waals surface area contributed by atoms with Crippen LogP contribution in [0.25, 0.3) is 0 Å². The summed E-state index contributed by atoms with van der Waals surface area (Å²) in [6.07, 6.45) is 4.65. The Balaban J connectivity index is 2.54. The maximum atomic E-state index is 10.8. The molecule has 0 saturated carbocycles. The molecular weight excluding hydrogens is 176 g/mol. The van der Waals surface area contributed by atoms with E-state index in [1.165, 1.54) is 0 Å². The fourth-order valence-corrected chi connectivity index (χ4v) is 1.13. The van der Waals surface area contributed by atoms with E-state index in [0.717, 1.165) is 13.0 Å². The highest BCUT2D eigenvalue weighted by Gasteiger charge is 2.14. The molecule has 1 aromatic heterocycles. The molecule has 0 amide bonds. The van der Waals surface area contributed by atoms with Crippen LogP contribution in [-0.2, 0) is 6.54 Å². The molecule has 0 fully saturated rings. The van der Waals surface area contributed by atoms with Crippen molar-refractivity contribution in [1.29, 1.82) is 0 Å². The van der Waals surface area contributed by atoms with Gasteiger partial charge in [-0.25, -0.2) is 0 Å². The predicted octanol–water partition coefficient (Wildman–Crippen LogP) is 1.22. The van der Waals surface area contributed by atoms with Crippen molar-refractivity contribution in [1.82, 2.24) is 4.57 Å². The maximum absolute atomic E-state index is 10.8. The Morgan fingerprint density at radius 3 is 2.43 bits per heavy atom. The molecular formula is C11H18N2O. The zero-order valence-corrected chi connectivity index (χ0v) is 8.86. The standard InChI is InChI=1S/C11H18N2O/c1-11(2,9-12)5-8-13-6-3-10(14)4-7-13/h3-4,6-7H,5,8-9,12H2,1-2H3. The molecule has 1 rings (SSSR count). The number of nitrogens with two attached hydrogens (primary N) is 1. The highest BCUT2D eigenvalue weighted by atomic mass is 16.1. The number of hydrogen-bond donors (Lipinski definition) is 1. The number of hydrogen-bond acceptors (Lipinski definition) is 2. The Hall–Kier alpha value is -1.09. The minimum Gasteiger partial charge on any atom is -0.354 e. The summed E-state index contributed by atoms with van der Waals surface area (Å²) in [6, 6.07) is 3.16. The summed E-state index contributed by atoms with van der Waals surface area (Å²) >= 11 is 0. The molecule has 0 bridgehead atoms. The van der Waals surface area contributed by atoms with Gasteiger partial charge in [-0.15, -0.1) is 0 Å². The van der Waals surface area contributed by atoms with E-state index >= 15 is 0 Å². The van der Waals surface area contributed by atoms with Crippen LogP contribution in [0, 0.1) is 5.41 Å². The van der Waals surface area contributed by atoms with Crippen LogP contribution in [0.3, 0.4) is 0 Å². The highest BCUT2D eigenvalue weighted by molar-refractivity contribution is 4.93. The SMILES string of the molecule is CC(C)(CN)CCn1ccc(=O)cc1. The van der Waals surface area contributed by atoms with Gasteiger partial charge in [0.2, 0.25) is 0 Å². The van der Waals surface area contributed by atoms with Crippen molar-refractivity contribution < 1.29 is 0 Å². The molecule has 2 N–H and O–H groups in total. The van der Waals surface area contributed by atoms with Gasteiger partial charge in [-0.05, 0) is 18.4 Å². The summed E-state index contributed by atoms with van der Waals surface area (Å²) < 4.78 is 2.01. The Morgan fingerprint density at radius 1 is 1.36 bits per heavy atom. The Bertz CT molecular complexity index is 321. The summed E-state index contributed by atoms with van der Waals surface area (Å²) in [5, 5.41) is 0. The van der Waals surface area contributed by atoms with Crippen molar-refractivity contribution in [2.45, 2.75) is 26.8 Å². The maximum Gasteiger partial charge on any atom is 0.181 e. The summed E-state index contributed by atoms with van der Waals surface area (Å²) in [4.78, 5) is 10.8. The van der Waals surface area contributed by atoms with Crippen LogP contribution in [0.1, 0.15) is 20.3 Å². The number of pyridine rings is 1. The van der Waals surface area contributed by atoms with Crippen molar-refractivity contribution in [2.75, 3.05) is 6.54 Å². The number of nitrogens with zero attached hydrogens (tertiary/aromatic N) is 1. The van der Waals surface area contributed by atoms with E-state index in [4.69, 9.17) is 5.73 Å². The van der Waals surface area contributed by atoms with Gasteiger partial charge in [0.1, 0.15) is 0 Å². The van der Waals surface area contributed by atoms with E-state index < -0.39 is 0 Å². The number of aromatic nitrogens is 1. The minimum absolute atomic E-state index is 0.0549. The topological polar surface area (TPSA) is 48.0 Å². The minimum atomic E-state index is 0.0549. The Labute approximate surface area is 84.6 Å². The van der Waals surface area contributed by atoms with E-state index in [2.05, 4.69) is 13.8 Å². The van der Waals surface area contributed by atoms with Crippen molar-refractivity contribution in [3.8, 4) is 0 Å². The van der Waals surface area contributed by atoms with Crippen LogP contribution in [0.5, 0.6) is 0 Å². The highest BCUT2D eigenvalue weighted by Crippen LogP contribution is 2.18. The molecule has 1 aromatic rings. The molecule has 3 nitrogen and oxygen atoms in total. The number of rotatable bonds is 4. The van der Waals surface area contributed by atoms with Crippen LogP contribution in [0.4, 0.5) is 0 Å². The second-order valence-electron chi connectivity index (χ2n) is 4.39. The first-order valence-electron chi connectivity index (χ1n) is 4.90. The Kier molecular flexibility index (Phi) is 3.47. The zero-order chi connectivity index (χ0) is 10.6. The zero-order valence-electron chi connectivity index (χ0n) is 8.86. The molecule has 0 aliphatic heterocycles. The quantitative estimate of drug-likeness (QED) is 0.783. The van der Waals surface area contributed by atoms with E-state index in [9.17, 15) is 4.79 Å². The van der Waals surface area contributed by atoms with E-state index in [0.29, 0.717) is 6.54 Å². The largest absolute Gasteiger partial charge is 0.354 e. The Morgan fingerprint density at radius 2 is 1.93 bits per heavy atom. The lowest BCUT2D eigenvalue weighted by molar-refractivity contribution is 0.324. The van der Waals surface area contributed by atoms with Gasteiger partial charge in [-0.2, -0.15) is 0 Å². The molecule has 0 saturated heterocycles. The molecule has 0 aliphatic rings. The first-order chi connectivity index (χ1) is 6.53. The van der Waals surface area contributed by atoms with Crippen LogP contribution >= 0.6 is 0 Å². The summed E-state index contributed by atoms with van der Waals surface area (Å²) in [5.74, 6) is 0. The predicted molar refractivity (Wildman–Crippen MR) is 58.2 cm³/mol.